The van der Waals surface area contributed by atoms with E-state index >= 15 is 0 Å². The molecule has 266 valence electrons. The summed E-state index contributed by atoms with van der Waals surface area (Å²) in [5, 5.41) is 0. The Hall–Kier alpha value is -1.10. The van der Waals surface area contributed by atoms with Gasteiger partial charge < -0.3 is 14.4 Å². The molecule has 1 rings (SSSR count). The van der Waals surface area contributed by atoms with Crippen molar-refractivity contribution in [1.29, 1.82) is 0 Å². The van der Waals surface area contributed by atoms with Gasteiger partial charge in [0, 0.05) is 6.42 Å². The van der Waals surface area contributed by atoms with E-state index in [1.54, 1.807) is 0 Å². The van der Waals surface area contributed by atoms with E-state index in [2.05, 4.69) is 32.6 Å². The third-order valence-electron chi connectivity index (χ3n) is 10.1. The highest BCUT2D eigenvalue weighted by atomic mass is 16.5. The summed E-state index contributed by atoms with van der Waals surface area (Å²) in [5.41, 5.74) is 0. The Morgan fingerprint density at radius 2 is 1.07 bits per heavy atom. The standard InChI is InChI=1S/C40H77NO4/c1-5-9-12-14-15-16-19-23-28-38(45-40(43)37-31-33-41(8-4)34-32-37)29-24-20-17-18-21-25-30-39(42)44-35-36(26-11-7-3)27-22-13-10-6-2/h36-38H,5-35H2,1-4H3. The molecule has 0 amide bonds. The van der Waals surface area contributed by atoms with E-state index in [1.165, 1.54) is 122 Å². The van der Waals surface area contributed by atoms with Crippen LogP contribution in [0.3, 0.4) is 0 Å². The monoisotopic (exact) mass is 636 g/mol. The lowest BCUT2D eigenvalue weighted by Crippen LogP contribution is -2.37. The summed E-state index contributed by atoms with van der Waals surface area (Å²) in [7, 11) is 0. The lowest BCUT2D eigenvalue weighted by atomic mass is 9.96. The van der Waals surface area contributed by atoms with Crippen LogP contribution in [0.15, 0.2) is 0 Å². The number of likely N-dealkylation sites (tertiary alicyclic amines) is 1. The molecule has 1 fully saturated rings. The minimum atomic E-state index is -0.00366. The van der Waals surface area contributed by atoms with Crippen LogP contribution in [0.4, 0.5) is 0 Å². The molecule has 0 N–H and O–H groups in total. The van der Waals surface area contributed by atoms with Crippen LogP contribution in [0.25, 0.3) is 0 Å². The van der Waals surface area contributed by atoms with Crippen LogP contribution in [0.5, 0.6) is 0 Å². The zero-order valence-corrected chi connectivity index (χ0v) is 30.7. The van der Waals surface area contributed by atoms with E-state index in [0.29, 0.717) is 18.9 Å². The molecule has 0 radical (unpaired) electrons. The summed E-state index contributed by atoms with van der Waals surface area (Å²) in [6, 6.07) is 0. The summed E-state index contributed by atoms with van der Waals surface area (Å²) in [5.74, 6) is 0.693. The van der Waals surface area contributed by atoms with Gasteiger partial charge >= 0.3 is 11.9 Å². The molecule has 1 aliphatic heterocycles. The summed E-state index contributed by atoms with van der Waals surface area (Å²) in [6.45, 7) is 12.7. The van der Waals surface area contributed by atoms with E-state index in [-0.39, 0.29) is 24.0 Å². The predicted molar refractivity (Wildman–Crippen MR) is 192 cm³/mol. The van der Waals surface area contributed by atoms with Gasteiger partial charge in [-0.05, 0) is 83.3 Å². The van der Waals surface area contributed by atoms with Crippen molar-refractivity contribution in [1.82, 2.24) is 4.90 Å². The molecule has 2 unspecified atom stereocenters. The first-order chi connectivity index (χ1) is 22.0. The first kappa shape index (κ1) is 41.9. The smallest absolute Gasteiger partial charge is 0.309 e. The molecule has 1 heterocycles. The minimum Gasteiger partial charge on any atom is -0.465 e. The van der Waals surface area contributed by atoms with Crippen LogP contribution in [0.1, 0.15) is 201 Å². The first-order valence-electron chi connectivity index (χ1n) is 20.1. The van der Waals surface area contributed by atoms with Gasteiger partial charge in [-0.1, -0.05) is 137 Å². The Labute approximate surface area is 280 Å². The highest BCUT2D eigenvalue weighted by molar-refractivity contribution is 5.72. The largest absolute Gasteiger partial charge is 0.465 e. The third-order valence-corrected chi connectivity index (χ3v) is 10.1. The van der Waals surface area contributed by atoms with E-state index in [4.69, 9.17) is 9.47 Å². The second kappa shape index (κ2) is 30.2. The van der Waals surface area contributed by atoms with E-state index in [0.717, 1.165) is 64.6 Å². The average Bonchev–Trinajstić information content (AvgIpc) is 3.06. The van der Waals surface area contributed by atoms with Crippen LogP contribution >= 0.6 is 0 Å². The topological polar surface area (TPSA) is 55.8 Å². The molecular weight excluding hydrogens is 558 g/mol. The van der Waals surface area contributed by atoms with Gasteiger partial charge in [0.2, 0.25) is 0 Å². The fourth-order valence-corrected chi connectivity index (χ4v) is 6.81. The maximum Gasteiger partial charge on any atom is 0.309 e. The van der Waals surface area contributed by atoms with Gasteiger partial charge in [0.25, 0.3) is 0 Å². The van der Waals surface area contributed by atoms with Crippen LogP contribution in [0, 0.1) is 11.8 Å². The number of piperidine rings is 1. The Kier molecular flexibility index (Phi) is 28.2. The van der Waals surface area contributed by atoms with Gasteiger partial charge in [-0.3, -0.25) is 9.59 Å². The zero-order valence-electron chi connectivity index (χ0n) is 30.7. The number of ether oxygens (including phenoxy) is 2. The highest BCUT2D eigenvalue weighted by Crippen LogP contribution is 2.23. The van der Waals surface area contributed by atoms with Crippen molar-refractivity contribution in [2.45, 2.75) is 207 Å². The molecule has 0 spiro atoms. The second-order valence-corrected chi connectivity index (χ2v) is 14.2. The summed E-state index contributed by atoms with van der Waals surface area (Å²) in [4.78, 5) is 27.8. The van der Waals surface area contributed by atoms with Crippen LogP contribution in [-0.2, 0) is 19.1 Å². The maximum atomic E-state index is 13.0. The lowest BCUT2D eigenvalue weighted by molar-refractivity contribution is -0.156. The molecule has 0 aliphatic carbocycles. The number of unbranched alkanes of at least 4 members (excludes halogenated alkanes) is 16. The van der Waals surface area contributed by atoms with Crippen molar-refractivity contribution in [3.8, 4) is 0 Å². The first-order valence-corrected chi connectivity index (χ1v) is 20.1. The molecule has 5 nitrogen and oxygen atoms in total. The molecule has 0 bridgehead atoms. The van der Waals surface area contributed by atoms with Crippen LogP contribution in [0.2, 0.25) is 0 Å². The number of carbonyl (C=O) groups excluding carboxylic acids is 2. The Morgan fingerprint density at radius 1 is 0.600 bits per heavy atom. The summed E-state index contributed by atoms with van der Waals surface area (Å²) in [6.07, 6.45) is 31.7. The Morgan fingerprint density at radius 3 is 1.62 bits per heavy atom. The molecule has 45 heavy (non-hydrogen) atoms. The molecule has 1 saturated heterocycles. The van der Waals surface area contributed by atoms with Crippen LogP contribution in [-0.4, -0.2) is 49.2 Å². The summed E-state index contributed by atoms with van der Waals surface area (Å²) >= 11 is 0. The van der Waals surface area contributed by atoms with Gasteiger partial charge in [0.15, 0.2) is 0 Å². The van der Waals surface area contributed by atoms with Crippen molar-refractivity contribution in [3.63, 3.8) is 0 Å². The second-order valence-electron chi connectivity index (χ2n) is 14.2. The number of hydrogen-bond donors (Lipinski definition) is 0. The Balaban J connectivity index is 2.26. The molecule has 0 aromatic rings. The quantitative estimate of drug-likeness (QED) is 0.0560. The highest BCUT2D eigenvalue weighted by Gasteiger charge is 2.27. The van der Waals surface area contributed by atoms with Crippen LogP contribution < -0.4 is 0 Å². The van der Waals surface area contributed by atoms with E-state index < -0.39 is 0 Å². The lowest BCUT2D eigenvalue weighted by Gasteiger charge is -2.30. The number of rotatable bonds is 31. The van der Waals surface area contributed by atoms with Gasteiger partial charge in [0.1, 0.15) is 6.10 Å². The van der Waals surface area contributed by atoms with Crippen molar-refractivity contribution in [2.75, 3.05) is 26.2 Å². The fraction of sp³-hybridized carbons (Fsp3) is 0.950. The SMILES string of the molecule is CCCCCCCCCCC(CCCCCCCCC(=O)OCC(CCCC)CCCCCC)OC(=O)C1CCN(CC)CC1. The van der Waals surface area contributed by atoms with Gasteiger partial charge in [0.05, 0.1) is 12.5 Å². The number of esters is 2. The zero-order chi connectivity index (χ0) is 32.8. The van der Waals surface area contributed by atoms with Gasteiger partial charge in [-0.15, -0.1) is 0 Å². The molecule has 5 heteroatoms. The van der Waals surface area contributed by atoms with Crippen molar-refractivity contribution >= 4 is 11.9 Å². The van der Waals surface area contributed by atoms with Crippen molar-refractivity contribution in [2.24, 2.45) is 11.8 Å². The van der Waals surface area contributed by atoms with E-state index in [9.17, 15) is 9.59 Å². The maximum absolute atomic E-state index is 13.0. The van der Waals surface area contributed by atoms with Crippen molar-refractivity contribution < 1.29 is 19.1 Å². The minimum absolute atomic E-state index is 0.00366. The molecule has 0 aromatic carbocycles. The Bertz CT molecular complexity index is 675. The third kappa shape index (κ3) is 23.8. The molecule has 0 aromatic heterocycles. The van der Waals surface area contributed by atoms with E-state index in [1.807, 2.05) is 0 Å². The number of nitrogens with zero attached hydrogens (tertiary/aromatic N) is 1. The van der Waals surface area contributed by atoms with Crippen molar-refractivity contribution in [3.05, 3.63) is 0 Å². The van der Waals surface area contributed by atoms with Gasteiger partial charge in [-0.25, -0.2) is 0 Å². The summed E-state index contributed by atoms with van der Waals surface area (Å²) < 4.78 is 11.9. The fourth-order valence-electron chi connectivity index (χ4n) is 6.81. The molecule has 2 atom stereocenters. The predicted octanol–water partition coefficient (Wildman–Crippen LogP) is 11.6. The number of hydrogen-bond acceptors (Lipinski definition) is 5. The van der Waals surface area contributed by atoms with Gasteiger partial charge in [-0.2, -0.15) is 0 Å². The average molecular weight is 636 g/mol. The molecular formula is C40H77NO4. The molecule has 1 aliphatic rings. The molecule has 0 saturated carbocycles. The number of carbonyl (C=O) groups is 2. The normalized spacial score (nSPS) is 15.6.